The summed E-state index contributed by atoms with van der Waals surface area (Å²) in [4.78, 5) is 13.3. The maximum Gasteiger partial charge on any atom is 0.222 e. The highest BCUT2D eigenvalue weighted by Gasteiger charge is 2.25. The van der Waals surface area contributed by atoms with Gasteiger partial charge in [-0.3, -0.25) is 4.79 Å². The zero-order valence-corrected chi connectivity index (χ0v) is 13.0. The van der Waals surface area contributed by atoms with Crippen molar-refractivity contribution in [1.29, 1.82) is 0 Å². The van der Waals surface area contributed by atoms with Crippen LogP contribution in [-0.4, -0.2) is 36.1 Å². The lowest BCUT2D eigenvalue weighted by Crippen LogP contribution is -2.47. The molecule has 21 heavy (non-hydrogen) atoms. The third-order valence-electron chi connectivity index (χ3n) is 3.71. The standard InChI is InChI=1S/C15H21N3O2S/c1-20-13-6-4-11(5-7-13)9-17-15(21)18-8-2-3-12(10-18)14(16)19/h4-7,12H,2-3,8-10H2,1H3,(H2,16,19)(H,17,21)/t12-/m0/s1. The summed E-state index contributed by atoms with van der Waals surface area (Å²) in [7, 11) is 1.65. The number of likely N-dealkylation sites (tertiary alicyclic amines) is 1. The van der Waals surface area contributed by atoms with E-state index in [0.29, 0.717) is 18.2 Å². The highest BCUT2D eigenvalue weighted by Crippen LogP contribution is 2.16. The van der Waals surface area contributed by atoms with Crippen molar-refractivity contribution in [3.63, 3.8) is 0 Å². The fraction of sp³-hybridized carbons (Fsp3) is 0.467. The molecule has 1 saturated heterocycles. The van der Waals surface area contributed by atoms with Crippen LogP contribution < -0.4 is 15.8 Å². The molecule has 0 spiro atoms. The van der Waals surface area contributed by atoms with E-state index in [1.54, 1.807) is 7.11 Å². The average Bonchev–Trinajstić information content (AvgIpc) is 2.53. The number of benzene rings is 1. The second-order valence-corrected chi connectivity index (χ2v) is 5.58. The van der Waals surface area contributed by atoms with Gasteiger partial charge < -0.3 is 20.7 Å². The van der Waals surface area contributed by atoms with Crippen molar-refractivity contribution >= 4 is 23.2 Å². The molecule has 1 aliphatic rings. The van der Waals surface area contributed by atoms with E-state index in [4.69, 9.17) is 22.7 Å². The number of carbonyl (C=O) groups is 1. The molecule has 1 heterocycles. The number of amides is 1. The monoisotopic (exact) mass is 307 g/mol. The molecule has 3 N–H and O–H groups in total. The number of ether oxygens (including phenoxy) is 1. The first-order chi connectivity index (χ1) is 10.1. The van der Waals surface area contributed by atoms with Crippen LogP contribution in [0.15, 0.2) is 24.3 Å². The Morgan fingerprint density at radius 3 is 2.81 bits per heavy atom. The predicted octanol–water partition coefficient (Wildman–Crippen LogP) is 1.27. The molecule has 2 rings (SSSR count). The van der Waals surface area contributed by atoms with Crippen molar-refractivity contribution in [3.8, 4) is 5.75 Å². The van der Waals surface area contributed by atoms with E-state index in [1.807, 2.05) is 29.2 Å². The molecular formula is C15H21N3O2S. The van der Waals surface area contributed by atoms with Gasteiger partial charge in [0.05, 0.1) is 13.0 Å². The molecule has 0 saturated carbocycles. The van der Waals surface area contributed by atoms with E-state index in [-0.39, 0.29) is 11.8 Å². The summed E-state index contributed by atoms with van der Waals surface area (Å²) in [5, 5.41) is 3.91. The molecule has 0 aromatic heterocycles. The van der Waals surface area contributed by atoms with Crippen molar-refractivity contribution in [2.24, 2.45) is 11.7 Å². The van der Waals surface area contributed by atoms with Crippen LogP contribution in [0, 0.1) is 5.92 Å². The minimum absolute atomic E-state index is 0.0977. The summed E-state index contributed by atoms with van der Waals surface area (Å²) in [6.07, 6.45) is 1.80. The van der Waals surface area contributed by atoms with Crippen molar-refractivity contribution in [2.75, 3.05) is 20.2 Å². The van der Waals surface area contributed by atoms with Crippen molar-refractivity contribution in [1.82, 2.24) is 10.2 Å². The molecule has 1 aromatic rings. The summed E-state index contributed by atoms with van der Waals surface area (Å²) >= 11 is 5.40. The van der Waals surface area contributed by atoms with Gasteiger partial charge in [0.2, 0.25) is 5.91 Å². The Labute approximate surface area is 130 Å². The first-order valence-electron chi connectivity index (χ1n) is 7.05. The summed E-state index contributed by atoms with van der Waals surface area (Å²) in [5.41, 5.74) is 6.51. The van der Waals surface area contributed by atoms with Gasteiger partial charge in [0.25, 0.3) is 0 Å². The highest BCUT2D eigenvalue weighted by atomic mass is 32.1. The fourth-order valence-electron chi connectivity index (χ4n) is 2.43. The van der Waals surface area contributed by atoms with Crippen LogP contribution in [-0.2, 0) is 11.3 Å². The van der Waals surface area contributed by atoms with E-state index in [0.717, 1.165) is 30.7 Å². The molecule has 1 amide bonds. The number of thiocarbonyl (C=S) groups is 1. The summed E-state index contributed by atoms with van der Waals surface area (Å²) in [6, 6.07) is 7.84. The summed E-state index contributed by atoms with van der Waals surface area (Å²) in [6.45, 7) is 2.14. The third-order valence-corrected chi connectivity index (χ3v) is 4.12. The largest absolute Gasteiger partial charge is 0.497 e. The van der Waals surface area contributed by atoms with E-state index in [1.165, 1.54) is 0 Å². The zero-order valence-electron chi connectivity index (χ0n) is 12.2. The molecule has 1 aliphatic heterocycles. The maximum atomic E-state index is 11.3. The lowest BCUT2D eigenvalue weighted by atomic mass is 9.98. The minimum Gasteiger partial charge on any atom is -0.497 e. The number of nitrogens with two attached hydrogens (primary N) is 1. The molecule has 6 heteroatoms. The minimum atomic E-state index is -0.238. The van der Waals surface area contributed by atoms with Gasteiger partial charge in [-0.15, -0.1) is 0 Å². The van der Waals surface area contributed by atoms with Crippen molar-refractivity contribution < 1.29 is 9.53 Å². The molecule has 0 bridgehead atoms. The normalized spacial score (nSPS) is 18.1. The Hall–Kier alpha value is -1.82. The van der Waals surface area contributed by atoms with E-state index in [2.05, 4.69) is 5.32 Å². The number of hydrogen-bond donors (Lipinski definition) is 2. The molecule has 0 radical (unpaired) electrons. The second kappa shape index (κ2) is 7.26. The number of hydrogen-bond acceptors (Lipinski definition) is 3. The second-order valence-electron chi connectivity index (χ2n) is 5.19. The van der Waals surface area contributed by atoms with Crippen LogP contribution in [0.1, 0.15) is 18.4 Å². The van der Waals surface area contributed by atoms with Gasteiger partial charge >= 0.3 is 0 Å². The predicted molar refractivity (Wildman–Crippen MR) is 85.9 cm³/mol. The average molecular weight is 307 g/mol. The van der Waals surface area contributed by atoms with Crippen LogP contribution in [0.5, 0.6) is 5.75 Å². The molecule has 0 aliphatic carbocycles. The third kappa shape index (κ3) is 4.32. The lowest BCUT2D eigenvalue weighted by Gasteiger charge is -2.33. The van der Waals surface area contributed by atoms with Gasteiger partial charge in [-0.2, -0.15) is 0 Å². The molecule has 1 aromatic carbocycles. The maximum absolute atomic E-state index is 11.3. The van der Waals surface area contributed by atoms with Crippen LogP contribution in [0.4, 0.5) is 0 Å². The Kier molecular flexibility index (Phi) is 5.38. The Morgan fingerprint density at radius 1 is 1.48 bits per heavy atom. The smallest absolute Gasteiger partial charge is 0.222 e. The Morgan fingerprint density at radius 2 is 2.19 bits per heavy atom. The van der Waals surface area contributed by atoms with E-state index >= 15 is 0 Å². The Balaban J connectivity index is 1.84. The Bertz CT molecular complexity index is 504. The number of rotatable bonds is 4. The van der Waals surface area contributed by atoms with Gasteiger partial charge in [0.15, 0.2) is 5.11 Å². The molecule has 1 fully saturated rings. The topological polar surface area (TPSA) is 67.6 Å². The zero-order chi connectivity index (χ0) is 15.2. The van der Waals surface area contributed by atoms with Crippen LogP contribution in [0.2, 0.25) is 0 Å². The SMILES string of the molecule is COc1ccc(CNC(=S)N2CCC[C@H](C(N)=O)C2)cc1. The fourth-order valence-corrected chi connectivity index (χ4v) is 2.66. The molecular weight excluding hydrogens is 286 g/mol. The van der Waals surface area contributed by atoms with Gasteiger partial charge in [-0.25, -0.2) is 0 Å². The number of methoxy groups -OCH3 is 1. The first kappa shape index (κ1) is 15.6. The number of primary amides is 1. The number of carbonyl (C=O) groups excluding carboxylic acids is 1. The molecule has 5 nitrogen and oxygen atoms in total. The highest BCUT2D eigenvalue weighted by molar-refractivity contribution is 7.80. The van der Waals surface area contributed by atoms with Gasteiger partial charge in [0, 0.05) is 19.6 Å². The van der Waals surface area contributed by atoms with Gasteiger partial charge in [-0.1, -0.05) is 12.1 Å². The summed E-state index contributed by atoms with van der Waals surface area (Å²) < 4.78 is 5.13. The first-order valence-corrected chi connectivity index (χ1v) is 7.46. The number of nitrogens with one attached hydrogen (secondary N) is 1. The van der Waals surface area contributed by atoms with Crippen molar-refractivity contribution in [3.05, 3.63) is 29.8 Å². The van der Waals surface area contributed by atoms with Crippen LogP contribution >= 0.6 is 12.2 Å². The van der Waals surface area contributed by atoms with Gasteiger partial charge in [0.1, 0.15) is 5.75 Å². The van der Waals surface area contributed by atoms with Crippen molar-refractivity contribution in [2.45, 2.75) is 19.4 Å². The van der Waals surface area contributed by atoms with Crippen LogP contribution in [0.25, 0.3) is 0 Å². The molecule has 0 unspecified atom stereocenters. The van der Waals surface area contributed by atoms with E-state index < -0.39 is 0 Å². The lowest BCUT2D eigenvalue weighted by molar-refractivity contribution is -0.122. The number of piperidine rings is 1. The molecule has 114 valence electrons. The van der Waals surface area contributed by atoms with E-state index in [9.17, 15) is 4.79 Å². The quantitative estimate of drug-likeness (QED) is 0.820. The molecule has 1 atom stereocenters. The number of nitrogens with zero attached hydrogens (tertiary/aromatic N) is 1. The van der Waals surface area contributed by atoms with Gasteiger partial charge in [-0.05, 0) is 42.8 Å². The summed E-state index contributed by atoms with van der Waals surface area (Å²) in [5.74, 6) is 0.499. The van der Waals surface area contributed by atoms with Crippen LogP contribution in [0.3, 0.4) is 0 Å².